The standard InChI is InChI=1S/C18H16FN3O4S2/c1-11(28-10-15(23)20-13-4-2-12(19)3-5-13)17(25)26-9-14-8-16(24)22-6-7-27-18(22)21-14/h2-8,11H,9-10H2,1H3,(H,20,23). The van der Waals surface area contributed by atoms with Gasteiger partial charge in [-0.25, -0.2) is 9.37 Å². The molecule has 1 aromatic carbocycles. The number of nitrogens with one attached hydrogen (secondary N) is 1. The van der Waals surface area contributed by atoms with Gasteiger partial charge in [-0.3, -0.25) is 18.8 Å². The molecule has 0 saturated heterocycles. The molecule has 0 bridgehead atoms. The summed E-state index contributed by atoms with van der Waals surface area (Å²) in [6.45, 7) is 1.51. The Morgan fingerprint density at radius 1 is 1.36 bits per heavy atom. The van der Waals surface area contributed by atoms with Crippen molar-refractivity contribution in [1.29, 1.82) is 0 Å². The third kappa shape index (κ3) is 5.17. The van der Waals surface area contributed by atoms with E-state index in [1.165, 1.54) is 46.1 Å². The minimum Gasteiger partial charge on any atom is -0.458 e. The lowest BCUT2D eigenvalue weighted by Crippen LogP contribution is -2.22. The van der Waals surface area contributed by atoms with E-state index >= 15 is 0 Å². The van der Waals surface area contributed by atoms with E-state index in [0.29, 0.717) is 16.3 Å². The van der Waals surface area contributed by atoms with Crippen LogP contribution in [0.1, 0.15) is 12.6 Å². The highest BCUT2D eigenvalue weighted by Gasteiger charge is 2.17. The molecule has 0 radical (unpaired) electrons. The quantitative estimate of drug-likeness (QED) is 0.590. The number of rotatable bonds is 7. The summed E-state index contributed by atoms with van der Waals surface area (Å²) >= 11 is 2.42. The first kappa shape index (κ1) is 20.0. The smallest absolute Gasteiger partial charge is 0.319 e. The van der Waals surface area contributed by atoms with Crippen LogP contribution in [0.4, 0.5) is 10.1 Å². The molecule has 0 saturated carbocycles. The molecule has 1 atom stereocenters. The number of carbonyl (C=O) groups is 2. The van der Waals surface area contributed by atoms with Crippen LogP contribution in [0.15, 0.2) is 46.7 Å². The van der Waals surface area contributed by atoms with E-state index in [9.17, 15) is 18.8 Å². The predicted molar refractivity (Wildman–Crippen MR) is 106 cm³/mol. The van der Waals surface area contributed by atoms with Crippen LogP contribution in [0.5, 0.6) is 0 Å². The Labute approximate surface area is 167 Å². The zero-order valence-electron chi connectivity index (χ0n) is 14.8. The van der Waals surface area contributed by atoms with E-state index in [1.807, 2.05) is 0 Å². The van der Waals surface area contributed by atoms with Crippen LogP contribution in [0, 0.1) is 5.82 Å². The van der Waals surface area contributed by atoms with Crippen LogP contribution in [0.3, 0.4) is 0 Å². The first-order chi connectivity index (χ1) is 13.4. The van der Waals surface area contributed by atoms with Gasteiger partial charge in [0.05, 0.1) is 11.4 Å². The van der Waals surface area contributed by atoms with Crippen molar-refractivity contribution in [2.45, 2.75) is 18.8 Å². The summed E-state index contributed by atoms with van der Waals surface area (Å²) in [6, 6.07) is 6.72. The molecular weight excluding hydrogens is 405 g/mol. The Morgan fingerprint density at radius 2 is 2.11 bits per heavy atom. The number of halogens is 1. The molecule has 0 aliphatic heterocycles. The number of fused-ring (bicyclic) bond motifs is 1. The molecular formula is C18H16FN3O4S2. The van der Waals surface area contributed by atoms with Crippen molar-refractivity contribution in [2.24, 2.45) is 0 Å². The second kappa shape index (κ2) is 8.98. The number of hydrogen-bond acceptors (Lipinski definition) is 7. The van der Waals surface area contributed by atoms with Gasteiger partial charge in [0, 0.05) is 23.3 Å². The van der Waals surface area contributed by atoms with Gasteiger partial charge in [0.1, 0.15) is 17.7 Å². The Bertz CT molecular complexity index is 1050. The first-order valence-electron chi connectivity index (χ1n) is 8.22. The van der Waals surface area contributed by atoms with Gasteiger partial charge in [0.2, 0.25) is 5.91 Å². The molecule has 7 nitrogen and oxygen atoms in total. The van der Waals surface area contributed by atoms with Crippen molar-refractivity contribution in [3.8, 4) is 0 Å². The van der Waals surface area contributed by atoms with Crippen molar-refractivity contribution < 1.29 is 18.7 Å². The number of nitrogens with zero attached hydrogens (tertiary/aromatic N) is 2. The number of thiazole rings is 1. The van der Waals surface area contributed by atoms with Crippen LogP contribution in [0.2, 0.25) is 0 Å². The van der Waals surface area contributed by atoms with E-state index < -0.39 is 11.2 Å². The number of anilines is 1. The van der Waals surface area contributed by atoms with Crippen molar-refractivity contribution in [3.63, 3.8) is 0 Å². The molecule has 146 valence electrons. The maximum Gasteiger partial charge on any atom is 0.319 e. The Kier molecular flexibility index (Phi) is 6.42. The van der Waals surface area contributed by atoms with Crippen LogP contribution < -0.4 is 10.9 Å². The molecule has 10 heteroatoms. The lowest BCUT2D eigenvalue weighted by molar-refractivity contribution is -0.144. The molecule has 0 aliphatic carbocycles. The van der Waals surface area contributed by atoms with Gasteiger partial charge in [-0.1, -0.05) is 0 Å². The summed E-state index contributed by atoms with van der Waals surface area (Å²) in [5.41, 5.74) is 0.604. The second-order valence-electron chi connectivity index (χ2n) is 5.76. The average molecular weight is 421 g/mol. The number of esters is 1. The van der Waals surface area contributed by atoms with Crippen molar-refractivity contribution in [3.05, 3.63) is 63.8 Å². The predicted octanol–water partition coefficient (Wildman–Crippen LogP) is 2.70. The number of thioether (sulfide) groups is 1. The van der Waals surface area contributed by atoms with Crippen molar-refractivity contribution in [1.82, 2.24) is 9.38 Å². The van der Waals surface area contributed by atoms with Gasteiger partial charge in [-0.15, -0.1) is 23.1 Å². The first-order valence-corrected chi connectivity index (χ1v) is 10.1. The van der Waals surface area contributed by atoms with E-state index in [2.05, 4.69) is 10.3 Å². The van der Waals surface area contributed by atoms with Gasteiger partial charge in [-0.05, 0) is 31.2 Å². The molecule has 28 heavy (non-hydrogen) atoms. The molecule has 0 fully saturated rings. The van der Waals surface area contributed by atoms with Gasteiger partial charge in [-0.2, -0.15) is 0 Å². The van der Waals surface area contributed by atoms with Crippen LogP contribution in [0.25, 0.3) is 4.96 Å². The number of benzene rings is 1. The Balaban J connectivity index is 1.46. The summed E-state index contributed by atoms with van der Waals surface area (Å²) in [7, 11) is 0. The SMILES string of the molecule is CC(SCC(=O)Nc1ccc(F)cc1)C(=O)OCc1cc(=O)n2ccsc2n1. The number of hydrogen-bond donors (Lipinski definition) is 1. The molecule has 1 amide bonds. The van der Waals surface area contributed by atoms with Crippen LogP contribution >= 0.6 is 23.1 Å². The largest absolute Gasteiger partial charge is 0.458 e. The highest BCUT2D eigenvalue weighted by atomic mass is 32.2. The summed E-state index contributed by atoms with van der Waals surface area (Å²) in [4.78, 5) is 40.7. The van der Waals surface area contributed by atoms with Crippen LogP contribution in [-0.2, 0) is 20.9 Å². The molecule has 0 spiro atoms. The Hall–Kier alpha value is -2.72. The highest BCUT2D eigenvalue weighted by molar-refractivity contribution is 8.01. The minimum atomic E-state index is -0.578. The molecule has 2 aromatic heterocycles. The third-order valence-electron chi connectivity index (χ3n) is 3.64. The monoisotopic (exact) mass is 421 g/mol. The molecule has 1 unspecified atom stereocenters. The average Bonchev–Trinajstić information content (AvgIpc) is 3.15. The van der Waals surface area contributed by atoms with Crippen LogP contribution in [-0.4, -0.2) is 32.3 Å². The number of carbonyl (C=O) groups excluding carboxylic acids is 2. The number of aromatic nitrogens is 2. The summed E-state index contributed by atoms with van der Waals surface area (Å²) < 4.78 is 19.5. The second-order valence-corrected chi connectivity index (χ2v) is 7.96. The van der Waals surface area contributed by atoms with E-state index in [4.69, 9.17) is 4.74 Å². The Morgan fingerprint density at radius 3 is 2.86 bits per heavy atom. The number of amides is 1. The molecule has 3 rings (SSSR count). The zero-order chi connectivity index (χ0) is 20.1. The van der Waals surface area contributed by atoms with Gasteiger partial charge < -0.3 is 10.1 Å². The van der Waals surface area contributed by atoms with Gasteiger partial charge in [0.25, 0.3) is 5.56 Å². The molecule has 1 N–H and O–H groups in total. The van der Waals surface area contributed by atoms with Gasteiger partial charge in [0.15, 0.2) is 4.96 Å². The van der Waals surface area contributed by atoms with Crippen molar-refractivity contribution in [2.75, 3.05) is 11.1 Å². The van der Waals surface area contributed by atoms with E-state index in [1.54, 1.807) is 18.5 Å². The van der Waals surface area contributed by atoms with E-state index in [0.717, 1.165) is 11.8 Å². The minimum absolute atomic E-state index is 0.0361. The topological polar surface area (TPSA) is 89.8 Å². The van der Waals surface area contributed by atoms with Gasteiger partial charge >= 0.3 is 5.97 Å². The highest BCUT2D eigenvalue weighted by Crippen LogP contribution is 2.15. The van der Waals surface area contributed by atoms with Crippen molar-refractivity contribution >= 4 is 45.6 Å². The summed E-state index contributed by atoms with van der Waals surface area (Å²) in [5.74, 6) is -1.17. The van der Waals surface area contributed by atoms with E-state index in [-0.39, 0.29) is 29.6 Å². The number of ether oxygens (including phenoxy) is 1. The fraction of sp³-hybridized carbons (Fsp3) is 0.222. The third-order valence-corrected chi connectivity index (χ3v) is 5.52. The lowest BCUT2D eigenvalue weighted by Gasteiger charge is -2.11. The summed E-state index contributed by atoms with van der Waals surface area (Å²) in [6.07, 6.45) is 1.63. The molecule has 2 heterocycles. The maximum atomic E-state index is 12.9. The summed E-state index contributed by atoms with van der Waals surface area (Å²) in [5, 5.41) is 3.78. The zero-order valence-corrected chi connectivity index (χ0v) is 16.4. The fourth-order valence-corrected chi connectivity index (χ4v) is 3.64. The lowest BCUT2D eigenvalue weighted by atomic mass is 10.3. The fourth-order valence-electron chi connectivity index (χ4n) is 2.22. The molecule has 3 aromatic rings. The normalized spacial score (nSPS) is 11.9. The maximum absolute atomic E-state index is 12.9. The molecule has 0 aliphatic rings.